The van der Waals surface area contributed by atoms with Crippen LogP contribution in [0.3, 0.4) is 0 Å². The summed E-state index contributed by atoms with van der Waals surface area (Å²) in [5, 5.41) is 3.17. The maximum Gasteiger partial charge on any atom is 0.188 e. The van der Waals surface area contributed by atoms with Crippen LogP contribution < -0.4 is 20.5 Å². The van der Waals surface area contributed by atoms with Gasteiger partial charge in [-0.1, -0.05) is 19.9 Å². The van der Waals surface area contributed by atoms with Crippen LogP contribution in [0.2, 0.25) is 0 Å². The van der Waals surface area contributed by atoms with E-state index in [2.05, 4.69) is 29.1 Å². The van der Waals surface area contributed by atoms with E-state index in [4.69, 9.17) is 19.9 Å². The maximum atomic E-state index is 6.00. The van der Waals surface area contributed by atoms with Crippen LogP contribution >= 0.6 is 0 Å². The van der Waals surface area contributed by atoms with Crippen LogP contribution in [0.15, 0.2) is 23.2 Å². The summed E-state index contributed by atoms with van der Waals surface area (Å²) in [4.78, 5) is 6.88. The second-order valence-corrected chi connectivity index (χ2v) is 7.24. The minimum Gasteiger partial charge on any atom is -0.493 e. The second-order valence-electron chi connectivity index (χ2n) is 7.24. The number of ether oxygens (including phenoxy) is 3. The van der Waals surface area contributed by atoms with Crippen LogP contribution in [0.1, 0.15) is 19.4 Å². The highest BCUT2D eigenvalue weighted by molar-refractivity contribution is 5.77. The average Bonchev–Trinajstić information content (AvgIpc) is 2.66. The number of nitrogens with one attached hydrogen (secondary N) is 1. The Hall–Kier alpha value is -1.99. The number of hydrogen-bond donors (Lipinski definition) is 2. The van der Waals surface area contributed by atoms with Crippen molar-refractivity contribution in [2.24, 2.45) is 16.6 Å². The van der Waals surface area contributed by atoms with Crippen LogP contribution in [-0.2, 0) is 11.2 Å². The number of morpholine rings is 1. The third-order valence-electron chi connectivity index (χ3n) is 4.48. The van der Waals surface area contributed by atoms with E-state index in [0.717, 1.165) is 49.7 Å². The van der Waals surface area contributed by atoms with Crippen molar-refractivity contribution in [2.45, 2.75) is 26.4 Å². The molecule has 1 aromatic carbocycles. The summed E-state index contributed by atoms with van der Waals surface area (Å²) in [5.41, 5.74) is 7.14. The lowest BCUT2D eigenvalue weighted by Crippen LogP contribution is -2.45. The molecule has 152 valence electrons. The van der Waals surface area contributed by atoms with Gasteiger partial charge in [-0.2, -0.15) is 0 Å². The lowest BCUT2D eigenvalue weighted by Gasteiger charge is -2.33. The SMILES string of the molecule is COc1ccc(CCNC(N)=NCC2CN(CC(C)C)CCO2)cc1OC. The van der Waals surface area contributed by atoms with Gasteiger partial charge in [-0.25, -0.2) is 0 Å². The van der Waals surface area contributed by atoms with Crippen molar-refractivity contribution in [3.8, 4) is 11.5 Å². The van der Waals surface area contributed by atoms with E-state index in [9.17, 15) is 0 Å². The summed E-state index contributed by atoms with van der Waals surface area (Å²) < 4.78 is 16.4. The molecule has 2 rings (SSSR count). The summed E-state index contributed by atoms with van der Waals surface area (Å²) in [6.07, 6.45) is 0.933. The van der Waals surface area contributed by atoms with Crippen molar-refractivity contribution >= 4 is 5.96 Å². The Labute approximate surface area is 162 Å². The Kier molecular flexibility index (Phi) is 8.67. The van der Waals surface area contributed by atoms with Crippen molar-refractivity contribution < 1.29 is 14.2 Å². The standard InChI is InChI=1S/C20H34N4O3/c1-15(2)13-24-9-10-27-17(14-24)12-23-20(21)22-8-7-16-5-6-18(25-3)19(11-16)26-4/h5-6,11,15,17H,7-10,12-14H2,1-4H3,(H3,21,22,23). The molecule has 1 aromatic rings. The largest absolute Gasteiger partial charge is 0.493 e. The second kappa shape index (κ2) is 11.0. The number of guanidine groups is 1. The molecule has 1 unspecified atom stereocenters. The third-order valence-corrected chi connectivity index (χ3v) is 4.48. The Balaban J connectivity index is 1.74. The van der Waals surface area contributed by atoms with Gasteiger partial charge in [-0.15, -0.1) is 0 Å². The van der Waals surface area contributed by atoms with Crippen molar-refractivity contribution in [3.63, 3.8) is 0 Å². The molecule has 1 heterocycles. The first-order valence-corrected chi connectivity index (χ1v) is 9.60. The molecule has 27 heavy (non-hydrogen) atoms. The van der Waals surface area contributed by atoms with Crippen molar-refractivity contribution in [1.29, 1.82) is 0 Å². The average molecular weight is 379 g/mol. The van der Waals surface area contributed by atoms with E-state index in [1.165, 1.54) is 0 Å². The smallest absolute Gasteiger partial charge is 0.188 e. The van der Waals surface area contributed by atoms with E-state index >= 15 is 0 Å². The van der Waals surface area contributed by atoms with Crippen LogP contribution in [0.4, 0.5) is 0 Å². The van der Waals surface area contributed by atoms with E-state index in [1.807, 2.05) is 18.2 Å². The summed E-state index contributed by atoms with van der Waals surface area (Å²) >= 11 is 0. The fourth-order valence-electron chi connectivity index (χ4n) is 3.20. The molecule has 3 N–H and O–H groups in total. The molecule has 1 saturated heterocycles. The summed E-state index contributed by atoms with van der Waals surface area (Å²) in [6.45, 7) is 9.55. The number of methoxy groups -OCH3 is 2. The van der Waals surface area contributed by atoms with Gasteiger partial charge in [0.25, 0.3) is 0 Å². The highest BCUT2D eigenvalue weighted by atomic mass is 16.5. The third kappa shape index (κ3) is 7.27. The molecule has 0 radical (unpaired) electrons. The van der Waals surface area contributed by atoms with Gasteiger partial charge in [-0.3, -0.25) is 9.89 Å². The van der Waals surface area contributed by atoms with Gasteiger partial charge in [0.05, 0.1) is 33.5 Å². The number of hydrogen-bond acceptors (Lipinski definition) is 5. The lowest BCUT2D eigenvalue weighted by atomic mass is 10.1. The van der Waals surface area contributed by atoms with E-state index in [0.29, 0.717) is 25.0 Å². The summed E-state index contributed by atoms with van der Waals surface area (Å²) in [7, 11) is 3.27. The molecule has 0 amide bonds. The molecular weight excluding hydrogens is 344 g/mol. The first kappa shape index (κ1) is 21.3. The van der Waals surface area contributed by atoms with Gasteiger partial charge in [0.15, 0.2) is 17.5 Å². The molecule has 1 aliphatic heterocycles. The molecule has 1 fully saturated rings. The van der Waals surface area contributed by atoms with Crippen LogP contribution in [-0.4, -0.2) is 70.5 Å². The Morgan fingerprint density at radius 3 is 2.81 bits per heavy atom. The molecule has 7 heteroatoms. The predicted octanol–water partition coefficient (Wildman–Crippen LogP) is 1.51. The van der Waals surface area contributed by atoms with Crippen LogP contribution in [0.5, 0.6) is 11.5 Å². The Bertz CT molecular complexity index is 607. The summed E-state index contributed by atoms with van der Waals surface area (Å²) in [6, 6.07) is 5.91. The van der Waals surface area contributed by atoms with Crippen molar-refractivity contribution in [2.75, 3.05) is 53.6 Å². The highest BCUT2D eigenvalue weighted by Gasteiger charge is 2.20. The van der Waals surface area contributed by atoms with Crippen LogP contribution in [0, 0.1) is 5.92 Å². The van der Waals surface area contributed by atoms with Gasteiger partial charge in [0, 0.05) is 26.2 Å². The molecule has 1 atom stereocenters. The normalized spacial score (nSPS) is 18.6. The minimum atomic E-state index is 0.115. The zero-order chi connectivity index (χ0) is 19.6. The first-order chi connectivity index (χ1) is 13.0. The summed E-state index contributed by atoms with van der Waals surface area (Å²) in [5.74, 6) is 2.59. The number of benzene rings is 1. The monoisotopic (exact) mass is 378 g/mol. The van der Waals surface area contributed by atoms with Crippen molar-refractivity contribution in [3.05, 3.63) is 23.8 Å². The number of nitrogens with zero attached hydrogens (tertiary/aromatic N) is 2. The number of rotatable bonds is 9. The van der Waals surface area contributed by atoms with E-state index in [-0.39, 0.29) is 6.10 Å². The first-order valence-electron chi connectivity index (χ1n) is 9.60. The van der Waals surface area contributed by atoms with Crippen LogP contribution in [0.25, 0.3) is 0 Å². The van der Waals surface area contributed by atoms with Gasteiger partial charge in [0.1, 0.15) is 0 Å². The van der Waals surface area contributed by atoms with Gasteiger partial charge >= 0.3 is 0 Å². The molecule has 0 aromatic heterocycles. The lowest BCUT2D eigenvalue weighted by molar-refractivity contribution is -0.0261. The van der Waals surface area contributed by atoms with Gasteiger partial charge < -0.3 is 25.3 Å². The van der Waals surface area contributed by atoms with Gasteiger partial charge in [-0.05, 0) is 30.0 Å². The Morgan fingerprint density at radius 1 is 1.33 bits per heavy atom. The topological polar surface area (TPSA) is 81.3 Å². The number of nitrogens with two attached hydrogens (primary N) is 1. The minimum absolute atomic E-state index is 0.115. The molecule has 7 nitrogen and oxygen atoms in total. The molecule has 1 aliphatic rings. The highest BCUT2D eigenvalue weighted by Crippen LogP contribution is 2.27. The predicted molar refractivity (Wildman–Crippen MR) is 109 cm³/mol. The van der Waals surface area contributed by atoms with E-state index < -0.39 is 0 Å². The zero-order valence-electron chi connectivity index (χ0n) is 17.0. The van der Waals surface area contributed by atoms with E-state index in [1.54, 1.807) is 14.2 Å². The quantitative estimate of drug-likeness (QED) is 0.501. The Morgan fingerprint density at radius 2 is 2.11 bits per heavy atom. The molecule has 0 saturated carbocycles. The fraction of sp³-hybridized carbons (Fsp3) is 0.650. The molecule has 0 bridgehead atoms. The molecule has 0 spiro atoms. The van der Waals surface area contributed by atoms with Crippen molar-refractivity contribution in [1.82, 2.24) is 10.2 Å². The zero-order valence-corrected chi connectivity index (χ0v) is 17.0. The fourth-order valence-corrected chi connectivity index (χ4v) is 3.20. The number of aliphatic imine (C=N–C) groups is 1. The maximum absolute atomic E-state index is 6.00. The molecular formula is C20H34N4O3. The van der Waals surface area contributed by atoms with Gasteiger partial charge in [0.2, 0.25) is 0 Å². The molecule has 0 aliphatic carbocycles.